The largest absolute Gasteiger partial charge is 0.350 e. The topological polar surface area (TPSA) is 34.0 Å². The van der Waals surface area contributed by atoms with E-state index in [1.54, 1.807) is 23.5 Å². The number of halogens is 1. The first-order chi connectivity index (χ1) is 10.1. The van der Waals surface area contributed by atoms with E-state index in [0.29, 0.717) is 18.7 Å². The quantitative estimate of drug-likeness (QED) is 0.788. The van der Waals surface area contributed by atoms with Crippen LogP contribution in [0.2, 0.25) is 0 Å². The number of nitrogens with zero attached hydrogens (tertiary/aromatic N) is 1. The molecule has 3 nitrogen and oxygen atoms in total. The highest BCUT2D eigenvalue weighted by Gasteiger charge is 2.13. The minimum absolute atomic E-state index is 0.0805. The van der Waals surface area contributed by atoms with Crippen molar-refractivity contribution in [2.75, 3.05) is 6.54 Å². The van der Waals surface area contributed by atoms with Crippen LogP contribution in [0.15, 0.2) is 41.8 Å². The number of hydrogen-bond donors (Lipinski definition) is 1. The maximum absolute atomic E-state index is 12.8. The Bertz CT molecular complexity index is 773. The van der Waals surface area contributed by atoms with Crippen LogP contribution in [0.1, 0.15) is 16.1 Å². The van der Waals surface area contributed by atoms with E-state index in [4.69, 9.17) is 0 Å². The van der Waals surface area contributed by atoms with Crippen LogP contribution in [-0.4, -0.2) is 17.0 Å². The third-order valence-corrected chi connectivity index (χ3v) is 4.36. The van der Waals surface area contributed by atoms with Gasteiger partial charge in [0.2, 0.25) is 0 Å². The zero-order valence-electron chi connectivity index (χ0n) is 11.6. The molecular formula is C16H15FN2OS. The molecule has 3 aromatic rings. The molecule has 0 saturated heterocycles. The highest BCUT2D eigenvalue weighted by atomic mass is 32.1. The number of benzene rings is 1. The Morgan fingerprint density at radius 3 is 2.76 bits per heavy atom. The second-order valence-corrected chi connectivity index (χ2v) is 5.84. The lowest BCUT2D eigenvalue weighted by molar-refractivity contribution is 0.0946. The van der Waals surface area contributed by atoms with Gasteiger partial charge in [-0.05, 0) is 41.6 Å². The molecule has 3 rings (SSSR count). The number of aryl methyl sites for hydroxylation is 1. The van der Waals surface area contributed by atoms with E-state index in [1.807, 2.05) is 29.1 Å². The summed E-state index contributed by atoms with van der Waals surface area (Å²) in [6, 6.07) is 10.3. The number of aromatic nitrogens is 1. The summed E-state index contributed by atoms with van der Waals surface area (Å²) in [5.41, 5.74) is 2.74. The van der Waals surface area contributed by atoms with Crippen molar-refractivity contribution in [2.24, 2.45) is 7.05 Å². The number of thiophene rings is 1. The summed E-state index contributed by atoms with van der Waals surface area (Å²) in [7, 11) is 1.89. The van der Waals surface area contributed by atoms with Crippen molar-refractivity contribution >= 4 is 27.5 Å². The minimum atomic E-state index is -0.244. The summed E-state index contributed by atoms with van der Waals surface area (Å²) in [5.74, 6) is -0.324. The smallest absolute Gasteiger partial charge is 0.267 e. The van der Waals surface area contributed by atoms with Gasteiger partial charge in [0.05, 0.1) is 10.2 Å². The Labute approximate surface area is 126 Å². The molecule has 2 heterocycles. The van der Waals surface area contributed by atoms with Crippen molar-refractivity contribution < 1.29 is 9.18 Å². The van der Waals surface area contributed by atoms with Crippen LogP contribution in [0, 0.1) is 5.82 Å². The maximum Gasteiger partial charge on any atom is 0.267 e. The van der Waals surface area contributed by atoms with Crippen LogP contribution in [0.3, 0.4) is 0 Å². The fourth-order valence-corrected chi connectivity index (χ4v) is 3.18. The summed E-state index contributed by atoms with van der Waals surface area (Å²) in [6.45, 7) is 0.531. The molecule has 21 heavy (non-hydrogen) atoms. The van der Waals surface area contributed by atoms with Crippen molar-refractivity contribution in [3.63, 3.8) is 0 Å². The molecule has 2 aromatic heterocycles. The summed E-state index contributed by atoms with van der Waals surface area (Å²) < 4.78 is 15.8. The lowest BCUT2D eigenvalue weighted by Gasteiger charge is -2.06. The first-order valence-corrected chi connectivity index (χ1v) is 7.58. The van der Waals surface area contributed by atoms with Gasteiger partial charge in [0.1, 0.15) is 11.5 Å². The van der Waals surface area contributed by atoms with Crippen LogP contribution < -0.4 is 5.32 Å². The molecule has 0 aliphatic rings. The van der Waals surface area contributed by atoms with E-state index in [9.17, 15) is 9.18 Å². The second kappa shape index (κ2) is 5.69. The second-order valence-electron chi connectivity index (χ2n) is 4.89. The van der Waals surface area contributed by atoms with Crippen LogP contribution in [0.5, 0.6) is 0 Å². The first-order valence-electron chi connectivity index (χ1n) is 6.71. The predicted octanol–water partition coefficient (Wildman–Crippen LogP) is 3.35. The van der Waals surface area contributed by atoms with E-state index in [-0.39, 0.29) is 11.7 Å². The van der Waals surface area contributed by atoms with Crippen molar-refractivity contribution in [3.8, 4) is 0 Å². The summed E-state index contributed by atoms with van der Waals surface area (Å²) in [6.07, 6.45) is 0.685. The molecule has 1 N–H and O–H groups in total. The maximum atomic E-state index is 12.8. The first kappa shape index (κ1) is 13.8. The molecule has 0 fully saturated rings. The highest BCUT2D eigenvalue weighted by molar-refractivity contribution is 7.17. The third-order valence-electron chi connectivity index (χ3n) is 3.51. The van der Waals surface area contributed by atoms with Crippen molar-refractivity contribution in [2.45, 2.75) is 6.42 Å². The number of hydrogen-bond acceptors (Lipinski definition) is 2. The molecule has 1 aromatic carbocycles. The van der Waals surface area contributed by atoms with Gasteiger partial charge in [-0.3, -0.25) is 4.79 Å². The number of amides is 1. The Kier molecular flexibility index (Phi) is 3.75. The van der Waals surface area contributed by atoms with Crippen LogP contribution >= 0.6 is 11.3 Å². The SMILES string of the molecule is Cn1c(C(=O)NCCc2ccc(F)cc2)cc2sccc21. The summed E-state index contributed by atoms with van der Waals surface area (Å²) in [5, 5.41) is 4.92. The molecule has 108 valence electrons. The van der Waals surface area contributed by atoms with Crippen molar-refractivity contribution in [1.29, 1.82) is 0 Å². The van der Waals surface area contributed by atoms with Gasteiger partial charge in [-0.25, -0.2) is 4.39 Å². The lowest BCUT2D eigenvalue weighted by Crippen LogP contribution is -2.27. The Hall–Kier alpha value is -2.14. The monoisotopic (exact) mass is 302 g/mol. The average molecular weight is 302 g/mol. The van der Waals surface area contributed by atoms with E-state index in [2.05, 4.69) is 5.32 Å². The number of carbonyl (C=O) groups excluding carboxylic acids is 1. The predicted molar refractivity (Wildman–Crippen MR) is 83.2 cm³/mol. The van der Waals surface area contributed by atoms with Crippen LogP contribution in [0.4, 0.5) is 4.39 Å². The molecule has 0 atom stereocenters. The molecule has 1 amide bonds. The molecular weight excluding hydrogens is 287 g/mol. The van der Waals surface area contributed by atoms with Gasteiger partial charge in [0.15, 0.2) is 0 Å². The zero-order chi connectivity index (χ0) is 14.8. The van der Waals surface area contributed by atoms with Gasteiger partial charge in [0.25, 0.3) is 5.91 Å². The van der Waals surface area contributed by atoms with Gasteiger partial charge in [-0.15, -0.1) is 11.3 Å². The van der Waals surface area contributed by atoms with Gasteiger partial charge < -0.3 is 9.88 Å². The van der Waals surface area contributed by atoms with Gasteiger partial charge in [-0.2, -0.15) is 0 Å². The molecule has 0 bridgehead atoms. The van der Waals surface area contributed by atoms with E-state index in [0.717, 1.165) is 15.8 Å². The molecule has 0 aliphatic carbocycles. The normalized spacial score (nSPS) is 11.0. The zero-order valence-corrected chi connectivity index (χ0v) is 12.4. The number of carbonyl (C=O) groups is 1. The van der Waals surface area contributed by atoms with Gasteiger partial charge in [0, 0.05) is 13.6 Å². The molecule has 0 saturated carbocycles. The standard InChI is InChI=1S/C16H15FN2OS/c1-19-13-7-9-21-15(13)10-14(19)16(20)18-8-6-11-2-4-12(17)5-3-11/h2-5,7,9-10H,6,8H2,1H3,(H,18,20). The molecule has 0 spiro atoms. The van der Waals surface area contributed by atoms with Crippen molar-refractivity contribution in [1.82, 2.24) is 9.88 Å². The summed E-state index contributed by atoms with van der Waals surface area (Å²) in [4.78, 5) is 12.2. The van der Waals surface area contributed by atoms with Crippen LogP contribution in [0.25, 0.3) is 10.2 Å². The fraction of sp³-hybridized carbons (Fsp3) is 0.188. The summed E-state index contributed by atoms with van der Waals surface area (Å²) >= 11 is 1.63. The Morgan fingerprint density at radius 1 is 1.29 bits per heavy atom. The molecule has 0 unspecified atom stereocenters. The lowest BCUT2D eigenvalue weighted by atomic mass is 10.1. The van der Waals surface area contributed by atoms with E-state index in [1.165, 1.54) is 12.1 Å². The highest BCUT2D eigenvalue weighted by Crippen LogP contribution is 2.23. The van der Waals surface area contributed by atoms with E-state index < -0.39 is 0 Å². The number of rotatable bonds is 4. The molecule has 0 aliphatic heterocycles. The molecule has 0 radical (unpaired) electrons. The number of fused-ring (bicyclic) bond motifs is 1. The fourth-order valence-electron chi connectivity index (χ4n) is 2.33. The average Bonchev–Trinajstić information content (AvgIpc) is 3.04. The van der Waals surface area contributed by atoms with E-state index >= 15 is 0 Å². The minimum Gasteiger partial charge on any atom is -0.350 e. The van der Waals surface area contributed by atoms with Gasteiger partial charge in [-0.1, -0.05) is 12.1 Å². The number of nitrogens with one attached hydrogen (secondary N) is 1. The Morgan fingerprint density at radius 2 is 2.05 bits per heavy atom. The van der Waals surface area contributed by atoms with Crippen molar-refractivity contribution in [3.05, 3.63) is 58.9 Å². The Balaban J connectivity index is 1.62. The third kappa shape index (κ3) is 2.83. The van der Waals surface area contributed by atoms with Crippen LogP contribution in [-0.2, 0) is 13.5 Å². The molecule has 5 heteroatoms. The van der Waals surface area contributed by atoms with Gasteiger partial charge >= 0.3 is 0 Å².